The molecule has 0 atom stereocenters. The Bertz CT molecular complexity index is 464. The van der Waals surface area contributed by atoms with E-state index in [2.05, 4.69) is 10.1 Å². The van der Waals surface area contributed by atoms with E-state index in [4.69, 9.17) is 9.94 Å². The zero-order valence-electron chi connectivity index (χ0n) is 9.40. The van der Waals surface area contributed by atoms with Crippen molar-refractivity contribution in [2.24, 2.45) is 10.1 Å². The predicted octanol–water partition coefficient (Wildman–Crippen LogP) is 2.51. The van der Waals surface area contributed by atoms with Gasteiger partial charge in [0.2, 0.25) is 0 Å². The molecule has 4 heteroatoms. The fourth-order valence-corrected chi connectivity index (χ4v) is 1.84. The molecule has 84 valence electrons. The van der Waals surface area contributed by atoms with Crippen LogP contribution in [0.3, 0.4) is 0 Å². The SMILES string of the molecule is COC1=Nc2c(cccc2/C(C)=N/O)CC1. The first-order chi connectivity index (χ1) is 7.76. The molecule has 0 aliphatic carbocycles. The Labute approximate surface area is 94.3 Å². The molecule has 1 aromatic carbocycles. The van der Waals surface area contributed by atoms with Crippen LogP contribution in [-0.4, -0.2) is 23.9 Å². The van der Waals surface area contributed by atoms with Gasteiger partial charge in [-0.2, -0.15) is 0 Å². The van der Waals surface area contributed by atoms with E-state index >= 15 is 0 Å². The number of benzene rings is 1. The second-order valence-corrected chi connectivity index (χ2v) is 3.71. The summed E-state index contributed by atoms with van der Waals surface area (Å²) >= 11 is 0. The molecule has 2 rings (SSSR count). The van der Waals surface area contributed by atoms with Crippen LogP contribution in [-0.2, 0) is 11.2 Å². The number of fused-ring (bicyclic) bond motifs is 1. The third-order valence-corrected chi connectivity index (χ3v) is 2.74. The van der Waals surface area contributed by atoms with E-state index in [0.717, 1.165) is 30.0 Å². The minimum Gasteiger partial charge on any atom is -0.484 e. The van der Waals surface area contributed by atoms with Crippen LogP contribution in [0.2, 0.25) is 0 Å². The first kappa shape index (κ1) is 10.7. The van der Waals surface area contributed by atoms with E-state index in [1.54, 1.807) is 14.0 Å². The molecule has 0 saturated carbocycles. The molecule has 0 amide bonds. The Kier molecular flexibility index (Phi) is 2.90. The van der Waals surface area contributed by atoms with Gasteiger partial charge in [-0.25, -0.2) is 4.99 Å². The maximum Gasteiger partial charge on any atom is 0.188 e. The lowest BCUT2D eigenvalue weighted by molar-refractivity contribution is 0.319. The second-order valence-electron chi connectivity index (χ2n) is 3.71. The standard InChI is InChI=1S/C12H14N2O2/c1-8(14-15)10-5-3-4-9-6-7-11(16-2)13-12(9)10/h3-5,15H,6-7H2,1-2H3/b14-8+. The number of hydrogen-bond donors (Lipinski definition) is 1. The summed E-state index contributed by atoms with van der Waals surface area (Å²) in [6, 6.07) is 5.89. The predicted molar refractivity (Wildman–Crippen MR) is 62.9 cm³/mol. The molecule has 1 aliphatic heterocycles. The minimum absolute atomic E-state index is 0.568. The van der Waals surface area contributed by atoms with Gasteiger partial charge in [-0.15, -0.1) is 0 Å². The van der Waals surface area contributed by atoms with Crippen LogP contribution >= 0.6 is 0 Å². The molecule has 1 aromatic rings. The Morgan fingerprint density at radius 3 is 2.94 bits per heavy atom. The van der Waals surface area contributed by atoms with Gasteiger partial charge in [0, 0.05) is 12.0 Å². The van der Waals surface area contributed by atoms with Crippen LogP contribution in [0.1, 0.15) is 24.5 Å². The highest BCUT2D eigenvalue weighted by atomic mass is 16.5. The van der Waals surface area contributed by atoms with Gasteiger partial charge < -0.3 is 9.94 Å². The summed E-state index contributed by atoms with van der Waals surface area (Å²) in [7, 11) is 1.62. The number of aryl methyl sites for hydroxylation is 1. The second kappa shape index (κ2) is 4.35. The number of aliphatic imine (C=N–C) groups is 1. The summed E-state index contributed by atoms with van der Waals surface area (Å²) in [6.45, 7) is 1.76. The van der Waals surface area contributed by atoms with Crippen molar-refractivity contribution in [2.75, 3.05) is 7.11 Å². The molecule has 0 spiro atoms. The molecule has 0 bridgehead atoms. The van der Waals surface area contributed by atoms with Crippen LogP contribution < -0.4 is 0 Å². The van der Waals surface area contributed by atoms with Gasteiger partial charge in [-0.05, 0) is 18.9 Å². The smallest absolute Gasteiger partial charge is 0.188 e. The van der Waals surface area contributed by atoms with Gasteiger partial charge in [0.05, 0.1) is 18.5 Å². The fourth-order valence-electron chi connectivity index (χ4n) is 1.84. The van der Waals surface area contributed by atoms with Crippen molar-refractivity contribution in [3.63, 3.8) is 0 Å². The number of hydrogen-bond acceptors (Lipinski definition) is 4. The van der Waals surface area contributed by atoms with E-state index in [1.807, 2.05) is 18.2 Å². The summed E-state index contributed by atoms with van der Waals surface area (Å²) in [6.07, 6.45) is 1.73. The van der Waals surface area contributed by atoms with Gasteiger partial charge in [-0.1, -0.05) is 23.4 Å². The lowest BCUT2D eigenvalue weighted by Gasteiger charge is -2.16. The summed E-state index contributed by atoms with van der Waals surface area (Å²) in [4.78, 5) is 4.44. The van der Waals surface area contributed by atoms with E-state index in [-0.39, 0.29) is 0 Å². The average molecular weight is 218 g/mol. The van der Waals surface area contributed by atoms with Crippen LogP contribution in [0.5, 0.6) is 0 Å². The van der Waals surface area contributed by atoms with Crippen LogP contribution in [0.15, 0.2) is 28.3 Å². The largest absolute Gasteiger partial charge is 0.484 e. The Hall–Kier alpha value is -1.84. The number of ether oxygens (including phenoxy) is 1. The molecule has 0 aromatic heterocycles. The lowest BCUT2D eigenvalue weighted by atomic mass is 9.98. The van der Waals surface area contributed by atoms with Gasteiger partial charge in [0.25, 0.3) is 0 Å². The van der Waals surface area contributed by atoms with E-state index < -0.39 is 0 Å². The first-order valence-corrected chi connectivity index (χ1v) is 5.18. The van der Waals surface area contributed by atoms with Crippen LogP contribution in [0, 0.1) is 0 Å². The molecule has 0 saturated heterocycles. The Balaban J connectivity index is 2.55. The third kappa shape index (κ3) is 1.78. The number of para-hydroxylation sites is 1. The summed E-state index contributed by atoms with van der Waals surface area (Å²) in [5.74, 6) is 0.727. The summed E-state index contributed by atoms with van der Waals surface area (Å²) < 4.78 is 5.16. The van der Waals surface area contributed by atoms with Crippen molar-refractivity contribution in [2.45, 2.75) is 19.8 Å². The van der Waals surface area contributed by atoms with Gasteiger partial charge in [0.15, 0.2) is 5.90 Å². The zero-order chi connectivity index (χ0) is 11.5. The molecule has 1 aliphatic rings. The Morgan fingerprint density at radius 1 is 1.44 bits per heavy atom. The number of rotatable bonds is 1. The number of oxime groups is 1. The number of nitrogens with zero attached hydrogens (tertiary/aromatic N) is 2. The fraction of sp³-hybridized carbons (Fsp3) is 0.333. The molecule has 16 heavy (non-hydrogen) atoms. The van der Waals surface area contributed by atoms with Crippen molar-refractivity contribution < 1.29 is 9.94 Å². The minimum atomic E-state index is 0.568. The average Bonchev–Trinajstić information content (AvgIpc) is 2.36. The Morgan fingerprint density at radius 2 is 2.25 bits per heavy atom. The van der Waals surface area contributed by atoms with Crippen molar-refractivity contribution >= 4 is 17.3 Å². The normalized spacial score (nSPS) is 15.4. The molecule has 1 heterocycles. The van der Waals surface area contributed by atoms with Crippen molar-refractivity contribution in [3.8, 4) is 0 Å². The van der Waals surface area contributed by atoms with Crippen molar-refractivity contribution in [3.05, 3.63) is 29.3 Å². The van der Waals surface area contributed by atoms with E-state index in [1.165, 1.54) is 5.56 Å². The summed E-state index contributed by atoms with van der Waals surface area (Å²) in [5, 5.41) is 12.0. The maximum absolute atomic E-state index is 8.82. The molecular weight excluding hydrogens is 204 g/mol. The number of methoxy groups -OCH3 is 1. The van der Waals surface area contributed by atoms with Gasteiger partial charge in [-0.3, -0.25) is 0 Å². The lowest BCUT2D eigenvalue weighted by Crippen LogP contribution is -2.10. The highest BCUT2D eigenvalue weighted by molar-refractivity contribution is 6.04. The quantitative estimate of drug-likeness (QED) is 0.447. The highest BCUT2D eigenvalue weighted by Crippen LogP contribution is 2.30. The van der Waals surface area contributed by atoms with Crippen LogP contribution in [0.4, 0.5) is 5.69 Å². The maximum atomic E-state index is 8.82. The van der Waals surface area contributed by atoms with Crippen LogP contribution in [0.25, 0.3) is 0 Å². The first-order valence-electron chi connectivity index (χ1n) is 5.18. The zero-order valence-corrected chi connectivity index (χ0v) is 9.40. The molecule has 4 nitrogen and oxygen atoms in total. The molecule has 0 radical (unpaired) electrons. The molecular formula is C12H14N2O2. The molecule has 0 unspecified atom stereocenters. The van der Waals surface area contributed by atoms with E-state index in [0.29, 0.717) is 5.71 Å². The van der Waals surface area contributed by atoms with E-state index in [9.17, 15) is 0 Å². The van der Waals surface area contributed by atoms with Gasteiger partial charge >= 0.3 is 0 Å². The summed E-state index contributed by atoms with van der Waals surface area (Å²) in [5.41, 5.74) is 3.45. The topological polar surface area (TPSA) is 54.2 Å². The third-order valence-electron chi connectivity index (χ3n) is 2.74. The molecule has 0 fully saturated rings. The van der Waals surface area contributed by atoms with Crippen molar-refractivity contribution in [1.29, 1.82) is 0 Å². The molecule has 1 N–H and O–H groups in total. The van der Waals surface area contributed by atoms with Gasteiger partial charge in [0.1, 0.15) is 0 Å². The van der Waals surface area contributed by atoms with Crippen molar-refractivity contribution in [1.82, 2.24) is 0 Å². The highest BCUT2D eigenvalue weighted by Gasteiger charge is 2.16. The monoisotopic (exact) mass is 218 g/mol.